The van der Waals surface area contributed by atoms with Gasteiger partial charge in [0.1, 0.15) is 0 Å². The molecule has 0 bridgehead atoms. The first kappa shape index (κ1) is 17.5. The van der Waals surface area contributed by atoms with E-state index < -0.39 is 0 Å². The lowest BCUT2D eigenvalue weighted by Gasteiger charge is -2.16. The number of aromatic nitrogens is 2. The first-order valence-corrected chi connectivity index (χ1v) is 9.13. The van der Waals surface area contributed by atoms with Crippen molar-refractivity contribution in [2.75, 3.05) is 6.54 Å². The van der Waals surface area contributed by atoms with E-state index in [4.69, 9.17) is 4.42 Å². The van der Waals surface area contributed by atoms with Crippen molar-refractivity contribution in [2.24, 2.45) is 5.92 Å². The second kappa shape index (κ2) is 8.65. The van der Waals surface area contributed by atoms with Gasteiger partial charge in [0.15, 0.2) is 0 Å². The average molecular weight is 342 g/mol. The van der Waals surface area contributed by atoms with E-state index in [9.17, 15) is 4.79 Å². The Kier molecular flexibility index (Phi) is 6.04. The third-order valence-electron chi connectivity index (χ3n) is 4.70. The molecule has 6 heteroatoms. The molecule has 2 aromatic rings. The Labute approximate surface area is 148 Å². The fraction of sp³-hybridized carbons (Fsp3) is 0.526. The van der Waals surface area contributed by atoms with Crippen molar-refractivity contribution < 1.29 is 9.21 Å². The summed E-state index contributed by atoms with van der Waals surface area (Å²) in [6, 6.07) is 9.84. The van der Waals surface area contributed by atoms with Crippen molar-refractivity contribution in [3.05, 3.63) is 36.2 Å². The van der Waals surface area contributed by atoms with Gasteiger partial charge in [-0.2, -0.15) is 0 Å². The lowest BCUT2D eigenvalue weighted by molar-refractivity contribution is 0.235. The van der Waals surface area contributed by atoms with Gasteiger partial charge >= 0.3 is 6.03 Å². The van der Waals surface area contributed by atoms with E-state index >= 15 is 0 Å². The van der Waals surface area contributed by atoms with Gasteiger partial charge < -0.3 is 15.1 Å². The quantitative estimate of drug-likeness (QED) is 0.814. The zero-order valence-corrected chi connectivity index (χ0v) is 14.7. The van der Waals surface area contributed by atoms with Crippen molar-refractivity contribution in [3.8, 4) is 11.5 Å². The van der Waals surface area contributed by atoms with Gasteiger partial charge in [-0.1, -0.05) is 38.0 Å². The summed E-state index contributed by atoms with van der Waals surface area (Å²) in [5.74, 6) is 1.81. The summed E-state index contributed by atoms with van der Waals surface area (Å²) in [7, 11) is 0. The van der Waals surface area contributed by atoms with Crippen LogP contribution in [0.15, 0.2) is 34.7 Å². The van der Waals surface area contributed by atoms with Gasteiger partial charge in [-0.15, -0.1) is 10.2 Å². The Morgan fingerprint density at radius 3 is 2.84 bits per heavy atom. The minimum absolute atomic E-state index is 0.109. The molecule has 1 aromatic carbocycles. The zero-order valence-electron chi connectivity index (χ0n) is 14.7. The van der Waals surface area contributed by atoms with Crippen molar-refractivity contribution >= 4 is 6.03 Å². The number of hydrogen-bond acceptors (Lipinski definition) is 4. The lowest BCUT2D eigenvalue weighted by Crippen LogP contribution is -2.42. The number of amides is 2. The Balaban J connectivity index is 1.41. The monoisotopic (exact) mass is 342 g/mol. The van der Waals surface area contributed by atoms with Gasteiger partial charge in [-0.05, 0) is 37.3 Å². The molecule has 1 aliphatic carbocycles. The second-order valence-corrected chi connectivity index (χ2v) is 6.83. The Morgan fingerprint density at radius 2 is 2.00 bits per heavy atom. The van der Waals surface area contributed by atoms with Crippen LogP contribution in [0.1, 0.15) is 44.9 Å². The van der Waals surface area contributed by atoms with E-state index in [1.165, 1.54) is 19.3 Å². The van der Waals surface area contributed by atoms with Crippen LogP contribution in [0.5, 0.6) is 0 Å². The molecule has 1 aromatic heterocycles. The maximum atomic E-state index is 12.0. The van der Waals surface area contributed by atoms with Crippen LogP contribution in [0.3, 0.4) is 0 Å². The fourth-order valence-corrected chi connectivity index (χ4v) is 3.20. The van der Waals surface area contributed by atoms with Crippen LogP contribution in [0.2, 0.25) is 0 Å². The maximum Gasteiger partial charge on any atom is 0.315 e. The summed E-state index contributed by atoms with van der Waals surface area (Å²) >= 11 is 0. The third-order valence-corrected chi connectivity index (χ3v) is 4.70. The largest absolute Gasteiger partial charge is 0.421 e. The Bertz CT molecular complexity index is 671. The molecule has 2 N–H and O–H groups in total. The molecule has 0 spiro atoms. The van der Waals surface area contributed by atoms with E-state index in [2.05, 4.69) is 27.8 Å². The Hall–Kier alpha value is -2.37. The highest BCUT2D eigenvalue weighted by molar-refractivity contribution is 5.74. The number of carbonyl (C=O) groups is 1. The molecule has 2 amide bonds. The smallest absolute Gasteiger partial charge is 0.315 e. The minimum Gasteiger partial charge on any atom is -0.421 e. The number of rotatable bonds is 5. The highest BCUT2D eigenvalue weighted by Gasteiger charge is 2.17. The summed E-state index contributed by atoms with van der Waals surface area (Å²) in [5.41, 5.74) is 0.898. The van der Waals surface area contributed by atoms with Gasteiger partial charge in [0.25, 0.3) is 0 Å². The number of carbonyl (C=O) groups excluding carboxylic acids is 1. The van der Waals surface area contributed by atoms with Gasteiger partial charge in [-0.3, -0.25) is 0 Å². The van der Waals surface area contributed by atoms with Crippen molar-refractivity contribution in [1.29, 1.82) is 0 Å². The number of benzene rings is 1. The van der Waals surface area contributed by atoms with E-state index in [0.717, 1.165) is 24.3 Å². The summed E-state index contributed by atoms with van der Waals surface area (Å²) in [6.45, 7) is 2.77. The average Bonchev–Trinajstić information content (AvgIpc) is 3.00. The van der Waals surface area contributed by atoms with E-state index in [1.807, 2.05) is 30.3 Å². The predicted octanol–water partition coefficient (Wildman–Crippen LogP) is 3.55. The minimum atomic E-state index is -0.109. The van der Waals surface area contributed by atoms with Gasteiger partial charge in [0.2, 0.25) is 11.8 Å². The fourth-order valence-electron chi connectivity index (χ4n) is 3.20. The molecule has 0 aliphatic heterocycles. The summed E-state index contributed by atoms with van der Waals surface area (Å²) in [5, 5.41) is 14.0. The number of nitrogens with zero attached hydrogens (tertiary/aromatic N) is 2. The molecule has 134 valence electrons. The summed E-state index contributed by atoms with van der Waals surface area (Å²) in [4.78, 5) is 12.0. The number of hydrogen-bond donors (Lipinski definition) is 2. The molecule has 1 heterocycles. The van der Waals surface area contributed by atoms with Gasteiger partial charge in [0.05, 0.1) is 0 Å². The zero-order chi connectivity index (χ0) is 17.5. The maximum absolute atomic E-state index is 12.0. The van der Waals surface area contributed by atoms with Crippen molar-refractivity contribution in [2.45, 2.75) is 51.5 Å². The Morgan fingerprint density at radius 1 is 1.16 bits per heavy atom. The molecule has 3 rings (SSSR count). The van der Waals surface area contributed by atoms with E-state index in [0.29, 0.717) is 24.7 Å². The molecule has 1 fully saturated rings. The SMILES string of the molecule is CC1CCCC(NC(=O)NCCc2nnc(-c3ccccc3)o2)CC1. The first-order chi connectivity index (χ1) is 12.2. The van der Waals surface area contributed by atoms with Gasteiger partial charge in [-0.25, -0.2) is 4.79 Å². The predicted molar refractivity (Wildman–Crippen MR) is 96.0 cm³/mol. The first-order valence-electron chi connectivity index (χ1n) is 9.13. The van der Waals surface area contributed by atoms with Crippen LogP contribution in [0.25, 0.3) is 11.5 Å². The van der Waals surface area contributed by atoms with Gasteiger partial charge in [0, 0.05) is 24.6 Å². The molecule has 6 nitrogen and oxygen atoms in total. The van der Waals surface area contributed by atoms with Crippen LogP contribution in [-0.2, 0) is 6.42 Å². The summed E-state index contributed by atoms with van der Waals surface area (Å²) in [6.07, 6.45) is 6.31. The second-order valence-electron chi connectivity index (χ2n) is 6.83. The number of nitrogens with one attached hydrogen (secondary N) is 2. The molecule has 2 atom stereocenters. The topological polar surface area (TPSA) is 80.0 Å². The molecule has 1 aliphatic rings. The standard InChI is InChI=1S/C19H26N4O2/c1-14-6-5-9-16(11-10-14)21-19(24)20-13-12-17-22-23-18(25-17)15-7-3-2-4-8-15/h2-4,7-8,14,16H,5-6,9-13H2,1H3,(H2,20,21,24). The van der Waals surface area contributed by atoms with Crippen LogP contribution in [-0.4, -0.2) is 28.8 Å². The lowest BCUT2D eigenvalue weighted by atomic mass is 10.0. The van der Waals surface area contributed by atoms with Crippen LogP contribution in [0.4, 0.5) is 4.79 Å². The highest BCUT2D eigenvalue weighted by atomic mass is 16.4. The van der Waals surface area contributed by atoms with Crippen LogP contribution < -0.4 is 10.6 Å². The third kappa shape index (κ3) is 5.31. The summed E-state index contributed by atoms with van der Waals surface area (Å²) < 4.78 is 5.64. The van der Waals surface area contributed by atoms with E-state index in [-0.39, 0.29) is 12.1 Å². The normalized spacial score (nSPS) is 20.7. The molecular weight excluding hydrogens is 316 g/mol. The van der Waals surface area contributed by atoms with E-state index in [1.54, 1.807) is 0 Å². The number of urea groups is 1. The molecule has 1 saturated carbocycles. The molecule has 25 heavy (non-hydrogen) atoms. The van der Waals surface area contributed by atoms with Crippen molar-refractivity contribution in [3.63, 3.8) is 0 Å². The van der Waals surface area contributed by atoms with Crippen LogP contribution in [0, 0.1) is 5.92 Å². The molecule has 0 radical (unpaired) electrons. The van der Waals surface area contributed by atoms with Crippen molar-refractivity contribution in [1.82, 2.24) is 20.8 Å². The molecule has 0 saturated heterocycles. The van der Waals surface area contributed by atoms with Crippen LogP contribution >= 0.6 is 0 Å². The molecular formula is C19H26N4O2. The molecule has 2 unspecified atom stereocenters. The highest BCUT2D eigenvalue weighted by Crippen LogP contribution is 2.22.